The highest BCUT2D eigenvalue weighted by Crippen LogP contribution is 2.19. The fraction of sp³-hybridized carbons (Fsp3) is 0.111. The number of rotatable bonds is 8. The lowest BCUT2D eigenvalue weighted by Crippen LogP contribution is -2.17. The van der Waals surface area contributed by atoms with Crippen LogP contribution in [0.3, 0.4) is 0 Å². The van der Waals surface area contributed by atoms with Crippen LogP contribution < -0.4 is 11.4 Å². The molecule has 0 aliphatic heterocycles. The van der Waals surface area contributed by atoms with Gasteiger partial charge in [-0.05, 0) is 64.7 Å². The monoisotopic (exact) mass is 526 g/mol. The van der Waals surface area contributed by atoms with Crippen LogP contribution in [-0.4, -0.2) is 29.5 Å². The first-order valence-corrected chi connectivity index (χ1v) is 13.5. The van der Waals surface area contributed by atoms with Crippen molar-refractivity contribution < 1.29 is 0 Å². The van der Waals surface area contributed by atoms with E-state index in [2.05, 4.69) is 20.4 Å². The zero-order chi connectivity index (χ0) is 25.2. The fourth-order valence-electron chi connectivity index (χ4n) is 4.33. The third-order valence-corrected chi connectivity index (χ3v) is 7.86. The van der Waals surface area contributed by atoms with Crippen molar-refractivity contribution in [1.82, 2.24) is 29.5 Å². The molecule has 4 heterocycles. The summed E-state index contributed by atoms with van der Waals surface area (Å²) in [4.78, 5) is 27.2. The van der Waals surface area contributed by atoms with Crippen molar-refractivity contribution in [2.45, 2.75) is 19.3 Å². The van der Waals surface area contributed by atoms with Crippen LogP contribution >= 0.6 is 22.7 Å². The molecule has 0 radical (unpaired) electrons. The molecule has 6 aromatic rings. The number of nitrogens with zero attached hydrogens (tertiary/aromatic N) is 4. The minimum absolute atomic E-state index is 0.247. The standard InChI is InChI=1S/C27H22N6O2S2/c34-26-30-28-24(16-22-3-1-13-36-22)32(26)20-9-5-18(6-10-20)15-19-7-11-21(12-8-19)33-25(29-31-27(33)35)17-23-4-2-14-37-23/h1-14H,15-17H2,(H,30,34)(H,31,35). The van der Waals surface area contributed by atoms with Gasteiger partial charge in [0.1, 0.15) is 11.6 Å². The van der Waals surface area contributed by atoms with Crippen LogP contribution in [0.5, 0.6) is 0 Å². The Kier molecular flexibility index (Phi) is 6.25. The quantitative estimate of drug-likeness (QED) is 0.308. The van der Waals surface area contributed by atoms with E-state index in [1.807, 2.05) is 83.6 Å². The minimum Gasteiger partial charge on any atom is -0.247 e. The molecule has 0 atom stereocenters. The first-order valence-electron chi connectivity index (χ1n) is 11.7. The first-order chi connectivity index (χ1) is 18.1. The van der Waals surface area contributed by atoms with E-state index in [4.69, 9.17) is 0 Å². The number of aromatic nitrogens is 6. The van der Waals surface area contributed by atoms with E-state index in [1.165, 1.54) is 0 Å². The lowest BCUT2D eigenvalue weighted by Gasteiger charge is -2.09. The molecule has 0 aliphatic rings. The van der Waals surface area contributed by atoms with Crippen molar-refractivity contribution in [1.29, 1.82) is 0 Å². The van der Waals surface area contributed by atoms with E-state index in [0.29, 0.717) is 24.5 Å². The summed E-state index contributed by atoms with van der Waals surface area (Å²) >= 11 is 3.29. The van der Waals surface area contributed by atoms with Gasteiger partial charge in [0.05, 0.1) is 11.4 Å². The van der Waals surface area contributed by atoms with Gasteiger partial charge in [0.15, 0.2) is 0 Å². The number of aromatic amines is 2. The lowest BCUT2D eigenvalue weighted by molar-refractivity contribution is 0.898. The molecular formula is C27H22N6O2S2. The molecule has 0 bridgehead atoms. The van der Waals surface area contributed by atoms with Crippen LogP contribution in [0.1, 0.15) is 32.5 Å². The molecule has 37 heavy (non-hydrogen) atoms. The summed E-state index contributed by atoms with van der Waals surface area (Å²) < 4.78 is 3.24. The molecule has 0 spiro atoms. The number of hydrogen-bond acceptors (Lipinski definition) is 6. The lowest BCUT2D eigenvalue weighted by atomic mass is 10.0. The van der Waals surface area contributed by atoms with E-state index >= 15 is 0 Å². The molecule has 0 unspecified atom stereocenters. The van der Waals surface area contributed by atoms with E-state index < -0.39 is 0 Å². The smallest absolute Gasteiger partial charge is 0.247 e. The Balaban J connectivity index is 1.19. The van der Waals surface area contributed by atoms with E-state index in [9.17, 15) is 9.59 Å². The summed E-state index contributed by atoms with van der Waals surface area (Å²) in [7, 11) is 0. The predicted molar refractivity (Wildman–Crippen MR) is 145 cm³/mol. The molecular weight excluding hydrogens is 504 g/mol. The summed E-state index contributed by atoms with van der Waals surface area (Å²) in [6.45, 7) is 0. The SMILES string of the molecule is O=c1[nH]nc(Cc2cccs2)n1-c1ccc(Cc2ccc(-n3c(Cc4cccs4)n[nH]c3=O)cc2)cc1. The van der Waals surface area contributed by atoms with E-state index in [-0.39, 0.29) is 11.4 Å². The van der Waals surface area contributed by atoms with Crippen molar-refractivity contribution in [3.05, 3.63) is 137 Å². The highest BCUT2D eigenvalue weighted by molar-refractivity contribution is 7.10. The average molecular weight is 527 g/mol. The van der Waals surface area contributed by atoms with Crippen molar-refractivity contribution in [3.8, 4) is 11.4 Å². The van der Waals surface area contributed by atoms with Crippen LogP contribution in [0.15, 0.2) is 93.1 Å². The maximum absolute atomic E-state index is 12.4. The molecule has 10 heteroatoms. The van der Waals surface area contributed by atoms with Crippen LogP contribution in [0, 0.1) is 0 Å². The Labute approximate surface area is 219 Å². The molecule has 2 aromatic carbocycles. The van der Waals surface area contributed by atoms with Gasteiger partial charge < -0.3 is 0 Å². The molecule has 2 N–H and O–H groups in total. The zero-order valence-electron chi connectivity index (χ0n) is 19.6. The summed E-state index contributed by atoms with van der Waals surface area (Å²) in [5, 5.41) is 17.6. The molecule has 8 nitrogen and oxygen atoms in total. The fourth-order valence-corrected chi connectivity index (χ4v) is 5.73. The van der Waals surface area contributed by atoms with Crippen LogP contribution in [0.2, 0.25) is 0 Å². The van der Waals surface area contributed by atoms with Gasteiger partial charge in [0.2, 0.25) is 0 Å². The van der Waals surface area contributed by atoms with E-state index in [0.717, 1.165) is 38.7 Å². The van der Waals surface area contributed by atoms with Crippen LogP contribution in [0.25, 0.3) is 11.4 Å². The zero-order valence-corrected chi connectivity index (χ0v) is 21.3. The third-order valence-electron chi connectivity index (χ3n) is 6.11. The number of benzene rings is 2. The van der Waals surface area contributed by atoms with Gasteiger partial charge in [0.25, 0.3) is 0 Å². The molecule has 6 rings (SSSR count). The van der Waals surface area contributed by atoms with Crippen LogP contribution in [0.4, 0.5) is 0 Å². The van der Waals surface area contributed by atoms with Gasteiger partial charge in [-0.25, -0.2) is 28.9 Å². The van der Waals surface area contributed by atoms with Gasteiger partial charge in [-0.15, -0.1) is 22.7 Å². The summed E-state index contributed by atoms with van der Waals surface area (Å²) in [5.41, 5.74) is 3.30. The topological polar surface area (TPSA) is 101 Å². The molecule has 0 aliphatic carbocycles. The largest absolute Gasteiger partial charge is 0.347 e. The normalized spacial score (nSPS) is 11.2. The maximum Gasteiger partial charge on any atom is 0.347 e. The minimum atomic E-state index is -0.247. The molecule has 0 fully saturated rings. The summed E-state index contributed by atoms with van der Waals surface area (Å²) in [5.74, 6) is 1.37. The number of thiophene rings is 2. The van der Waals surface area contributed by atoms with Crippen molar-refractivity contribution in [3.63, 3.8) is 0 Å². The Hall–Kier alpha value is -4.28. The molecule has 4 aromatic heterocycles. The maximum atomic E-state index is 12.4. The van der Waals surface area contributed by atoms with Crippen molar-refractivity contribution >= 4 is 22.7 Å². The number of nitrogens with one attached hydrogen (secondary N) is 2. The molecule has 0 saturated heterocycles. The highest BCUT2D eigenvalue weighted by Gasteiger charge is 2.13. The second kappa shape index (κ2) is 10.00. The second-order valence-electron chi connectivity index (χ2n) is 8.58. The second-order valence-corrected chi connectivity index (χ2v) is 10.6. The van der Waals surface area contributed by atoms with Gasteiger partial charge >= 0.3 is 11.4 Å². The van der Waals surface area contributed by atoms with E-state index in [1.54, 1.807) is 31.8 Å². The van der Waals surface area contributed by atoms with Crippen molar-refractivity contribution in [2.24, 2.45) is 0 Å². The van der Waals surface area contributed by atoms with Crippen LogP contribution in [-0.2, 0) is 19.3 Å². The van der Waals surface area contributed by atoms with Gasteiger partial charge in [0, 0.05) is 22.6 Å². The van der Waals surface area contributed by atoms with Gasteiger partial charge in [-0.1, -0.05) is 36.4 Å². The molecule has 184 valence electrons. The summed E-state index contributed by atoms with van der Waals surface area (Å²) in [6.07, 6.45) is 1.92. The number of H-pyrrole nitrogens is 2. The predicted octanol–water partition coefficient (Wildman–Crippen LogP) is 4.33. The number of hydrogen-bond donors (Lipinski definition) is 2. The molecule has 0 saturated carbocycles. The Morgan fingerprint density at radius 2 is 1.03 bits per heavy atom. The van der Waals surface area contributed by atoms with Gasteiger partial charge in [-0.2, -0.15) is 10.2 Å². The Bertz CT molecular complexity index is 1590. The Morgan fingerprint density at radius 3 is 1.41 bits per heavy atom. The highest BCUT2D eigenvalue weighted by atomic mass is 32.1. The van der Waals surface area contributed by atoms with Crippen molar-refractivity contribution in [2.75, 3.05) is 0 Å². The summed E-state index contributed by atoms with van der Waals surface area (Å²) in [6, 6.07) is 23.9. The first kappa shape index (κ1) is 23.1. The Morgan fingerprint density at radius 1 is 0.595 bits per heavy atom. The third kappa shape index (κ3) is 4.89. The average Bonchev–Trinajstić information content (AvgIpc) is 3.72. The molecule has 0 amide bonds. The van der Waals surface area contributed by atoms with Gasteiger partial charge in [-0.3, -0.25) is 0 Å².